The van der Waals surface area contributed by atoms with Crippen molar-refractivity contribution in [2.75, 3.05) is 19.8 Å². The molecule has 5 heteroatoms. The van der Waals surface area contributed by atoms with Gasteiger partial charge in [0, 0.05) is 18.9 Å². The second kappa shape index (κ2) is 7.41. The lowest BCUT2D eigenvalue weighted by Crippen LogP contribution is -2.53. The van der Waals surface area contributed by atoms with E-state index in [-0.39, 0.29) is 29.8 Å². The number of morpholine rings is 1. The van der Waals surface area contributed by atoms with Crippen LogP contribution in [-0.2, 0) is 16.0 Å². The standard InChI is InChI=1S/C18H24FNO3/c19-14-7-4-13(5-8-14)6-9-18(22)20-10-11-23-12-16(20)15-2-1-3-17(15)21/h4-5,7-8,15-17,21H,1-3,6,9-12H2/t15-,16+,17+/m0/s1. The van der Waals surface area contributed by atoms with Crippen LogP contribution >= 0.6 is 0 Å². The topological polar surface area (TPSA) is 49.8 Å². The maximum absolute atomic E-state index is 12.9. The molecule has 1 aliphatic heterocycles. The largest absolute Gasteiger partial charge is 0.393 e. The van der Waals surface area contributed by atoms with Gasteiger partial charge in [0.1, 0.15) is 5.82 Å². The fraction of sp³-hybridized carbons (Fsp3) is 0.611. The zero-order valence-corrected chi connectivity index (χ0v) is 13.3. The van der Waals surface area contributed by atoms with E-state index in [2.05, 4.69) is 0 Å². The van der Waals surface area contributed by atoms with Crippen molar-refractivity contribution in [3.63, 3.8) is 0 Å². The molecule has 3 rings (SSSR count). The van der Waals surface area contributed by atoms with Crippen LogP contribution in [0.1, 0.15) is 31.2 Å². The number of hydrogen-bond donors (Lipinski definition) is 1. The normalized spacial score (nSPS) is 28.1. The molecule has 1 aromatic rings. The Balaban J connectivity index is 1.60. The number of nitrogens with zero attached hydrogens (tertiary/aromatic N) is 1. The lowest BCUT2D eigenvalue weighted by Gasteiger charge is -2.40. The number of halogens is 1. The summed E-state index contributed by atoms with van der Waals surface area (Å²) < 4.78 is 18.5. The smallest absolute Gasteiger partial charge is 0.223 e. The Kier molecular flexibility index (Phi) is 5.28. The molecule has 23 heavy (non-hydrogen) atoms. The van der Waals surface area contributed by atoms with Crippen LogP contribution in [0, 0.1) is 11.7 Å². The van der Waals surface area contributed by atoms with Gasteiger partial charge < -0.3 is 14.7 Å². The highest BCUT2D eigenvalue weighted by molar-refractivity contribution is 5.77. The zero-order chi connectivity index (χ0) is 16.2. The number of rotatable bonds is 4. The van der Waals surface area contributed by atoms with E-state index >= 15 is 0 Å². The van der Waals surface area contributed by atoms with Gasteiger partial charge in [-0.2, -0.15) is 0 Å². The molecule has 1 heterocycles. The van der Waals surface area contributed by atoms with E-state index in [0.29, 0.717) is 32.6 Å². The fourth-order valence-electron chi connectivity index (χ4n) is 3.75. The summed E-state index contributed by atoms with van der Waals surface area (Å²) >= 11 is 0. The zero-order valence-electron chi connectivity index (χ0n) is 13.3. The Morgan fingerprint density at radius 2 is 2.09 bits per heavy atom. The molecule has 2 fully saturated rings. The van der Waals surface area contributed by atoms with Gasteiger partial charge in [-0.3, -0.25) is 4.79 Å². The van der Waals surface area contributed by atoms with Crippen LogP contribution in [0.15, 0.2) is 24.3 Å². The minimum Gasteiger partial charge on any atom is -0.393 e. The lowest BCUT2D eigenvalue weighted by atomic mass is 9.93. The summed E-state index contributed by atoms with van der Waals surface area (Å²) in [4.78, 5) is 14.5. The van der Waals surface area contributed by atoms with E-state index in [1.54, 1.807) is 12.1 Å². The molecule has 0 unspecified atom stereocenters. The molecule has 1 saturated carbocycles. The molecule has 1 amide bonds. The molecular weight excluding hydrogens is 297 g/mol. The molecule has 0 spiro atoms. The minimum atomic E-state index is -0.325. The Hall–Kier alpha value is -1.46. The van der Waals surface area contributed by atoms with Crippen LogP contribution in [-0.4, -0.2) is 47.8 Å². The van der Waals surface area contributed by atoms with E-state index < -0.39 is 0 Å². The monoisotopic (exact) mass is 321 g/mol. The van der Waals surface area contributed by atoms with Crippen LogP contribution < -0.4 is 0 Å². The molecule has 1 aliphatic carbocycles. The number of hydrogen-bond acceptors (Lipinski definition) is 3. The Morgan fingerprint density at radius 3 is 2.78 bits per heavy atom. The number of carbonyl (C=O) groups excluding carboxylic acids is 1. The average molecular weight is 321 g/mol. The van der Waals surface area contributed by atoms with Gasteiger partial charge in [0.25, 0.3) is 0 Å². The van der Waals surface area contributed by atoms with Crippen molar-refractivity contribution in [3.8, 4) is 0 Å². The van der Waals surface area contributed by atoms with Gasteiger partial charge in [-0.05, 0) is 37.0 Å². The third kappa shape index (κ3) is 3.90. The number of benzene rings is 1. The molecule has 1 N–H and O–H groups in total. The Bertz CT molecular complexity index is 534. The first kappa shape index (κ1) is 16.4. The van der Waals surface area contributed by atoms with Crippen molar-refractivity contribution in [1.29, 1.82) is 0 Å². The summed E-state index contributed by atoms with van der Waals surface area (Å²) in [7, 11) is 0. The predicted molar refractivity (Wildman–Crippen MR) is 84.4 cm³/mol. The third-order valence-electron chi connectivity index (χ3n) is 5.05. The molecule has 1 saturated heterocycles. The third-order valence-corrected chi connectivity index (χ3v) is 5.05. The first-order chi connectivity index (χ1) is 11.1. The van der Waals surface area contributed by atoms with Crippen molar-refractivity contribution in [2.45, 2.75) is 44.2 Å². The molecule has 0 radical (unpaired) electrons. The molecule has 3 atom stereocenters. The van der Waals surface area contributed by atoms with Gasteiger partial charge in [-0.15, -0.1) is 0 Å². The van der Waals surface area contributed by atoms with Crippen molar-refractivity contribution >= 4 is 5.91 Å². The van der Waals surface area contributed by atoms with Crippen LogP contribution in [0.4, 0.5) is 4.39 Å². The minimum absolute atomic E-state index is 0.0121. The first-order valence-corrected chi connectivity index (χ1v) is 8.45. The number of aryl methyl sites for hydroxylation is 1. The Morgan fingerprint density at radius 1 is 1.30 bits per heavy atom. The van der Waals surface area contributed by atoms with Crippen molar-refractivity contribution in [2.24, 2.45) is 5.92 Å². The molecule has 4 nitrogen and oxygen atoms in total. The first-order valence-electron chi connectivity index (χ1n) is 8.45. The van der Waals surface area contributed by atoms with Crippen molar-refractivity contribution in [1.82, 2.24) is 4.90 Å². The van der Waals surface area contributed by atoms with E-state index in [0.717, 1.165) is 24.8 Å². The highest BCUT2D eigenvalue weighted by Gasteiger charge is 2.39. The second-order valence-corrected chi connectivity index (χ2v) is 6.52. The van der Waals surface area contributed by atoms with Gasteiger partial charge in [-0.25, -0.2) is 4.39 Å². The van der Waals surface area contributed by atoms with Gasteiger partial charge in [0.2, 0.25) is 5.91 Å². The van der Waals surface area contributed by atoms with Crippen LogP contribution in [0.2, 0.25) is 0 Å². The van der Waals surface area contributed by atoms with Crippen LogP contribution in [0.5, 0.6) is 0 Å². The van der Waals surface area contributed by atoms with Crippen molar-refractivity contribution in [3.05, 3.63) is 35.6 Å². The highest BCUT2D eigenvalue weighted by Crippen LogP contribution is 2.32. The number of aliphatic hydroxyl groups is 1. The van der Waals surface area contributed by atoms with E-state index in [9.17, 15) is 14.3 Å². The van der Waals surface area contributed by atoms with Crippen LogP contribution in [0.3, 0.4) is 0 Å². The maximum atomic E-state index is 12.9. The van der Waals surface area contributed by atoms with E-state index in [1.807, 2.05) is 4.90 Å². The summed E-state index contributed by atoms with van der Waals surface area (Å²) in [6.07, 6.45) is 3.48. The molecule has 1 aromatic carbocycles. The summed E-state index contributed by atoms with van der Waals surface area (Å²) in [6, 6.07) is 6.28. The van der Waals surface area contributed by atoms with E-state index in [1.165, 1.54) is 12.1 Å². The van der Waals surface area contributed by atoms with Gasteiger partial charge in [0.05, 0.1) is 25.4 Å². The lowest BCUT2D eigenvalue weighted by molar-refractivity contribution is -0.143. The second-order valence-electron chi connectivity index (χ2n) is 6.52. The molecule has 0 bridgehead atoms. The number of carbonyl (C=O) groups is 1. The van der Waals surface area contributed by atoms with E-state index in [4.69, 9.17) is 4.74 Å². The molecular formula is C18H24FNO3. The predicted octanol–water partition coefficient (Wildman–Crippen LogP) is 2.15. The number of amides is 1. The summed E-state index contributed by atoms with van der Waals surface area (Å²) in [5.41, 5.74) is 0.963. The quantitative estimate of drug-likeness (QED) is 0.924. The highest BCUT2D eigenvalue weighted by atomic mass is 19.1. The van der Waals surface area contributed by atoms with Gasteiger partial charge >= 0.3 is 0 Å². The number of ether oxygens (including phenoxy) is 1. The fourth-order valence-corrected chi connectivity index (χ4v) is 3.75. The summed E-state index contributed by atoms with van der Waals surface area (Å²) in [5, 5.41) is 10.1. The maximum Gasteiger partial charge on any atom is 0.223 e. The summed E-state index contributed by atoms with van der Waals surface area (Å²) in [6.45, 7) is 1.67. The van der Waals surface area contributed by atoms with Crippen molar-refractivity contribution < 1.29 is 19.0 Å². The van der Waals surface area contributed by atoms with Gasteiger partial charge in [-0.1, -0.05) is 18.6 Å². The average Bonchev–Trinajstić information content (AvgIpc) is 3.00. The molecule has 0 aromatic heterocycles. The summed E-state index contributed by atoms with van der Waals surface area (Å²) in [5.74, 6) is -0.0321. The SMILES string of the molecule is O=C(CCc1ccc(F)cc1)N1CCOC[C@@H]1[C@@H]1CCC[C@H]1O. The number of aliphatic hydroxyl groups excluding tert-OH is 1. The Labute approximate surface area is 136 Å². The van der Waals surface area contributed by atoms with Gasteiger partial charge in [0.15, 0.2) is 0 Å². The molecule has 126 valence electrons. The van der Waals surface area contributed by atoms with Crippen LogP contribution in [0.25, 0.3) is 0 Å². The molecule has 2 aliphatic rings.